The van der Waals surface area contributed by atoms with Crippen LogP contribution in [0.15, 0.2) is 28.7 Å². The molecule has 0 bridgehead atoms. The van der Waals surface area contributed by atoms with Crippen LogP contribution in [0.2, 0.25) is 0 Å². The van der Waals surface area contributed by atoms with Crippen molar-refractivity contribution in [2.75, 3.05) is 7.11 Å². The maximum Gasteiger partial charge on any atom is 0.307 e. The van der Waals surface area contributed by atoms with Crippen LogP contribution in [0.5, 0.6) is 0 Å². The number of amides is 1. The number of methoxy groups -OCH3 is 1. The molecular formula is C15H18BrNO3. The number of hydrogen-bond acceptors (Lipinski definition) is 3. The minimum absolute atomic E-state index is 0.0225. The first-order chi connectivity index (χ1) is 9.51. The Morgan fingerprint density at radius 1 is 1.40 bits per heavy atom. The van der Waals surface area contributed by atoms with Crippen molar-refractivity contribution in [3.63, 3.8) is 0 Å². The molecule has 4 nitrogen and oxygen atoms in total. The number of hydrogen-bond donors (Lipinski definition) is 1. The zero-order chi connectivity index (χ0) is 14.7. The summed E-state index contributed by atoms with van der Waals surface area (Å²) in [6.07, 6.45) is 1.08. The molecule has 0 spiro atoms. The smallest absolute Gasteiger partial charge is 0.307 e. The summed E-state index contributed by atoms with van der Waals surface area (Å²) in [5.74, 6) is 0.0390. The van der Waals surface area contributed by atoms with Gasteiger partial charge >= 0.3 is 5.97 Å². The highest BCUT2D eigenvalue weighted by molar-refractivity contribution is 9.10. The van der Waals surface area contributed by atoms with E-state index in [9.17, 15) is 9.59 Å². The minimum Gasteiger partial charge on any atom is -0.469 e. The highest BCUT2D eigenvalue weighted by Gasteiger charge is 2.44. The van der Waals surface area contributed by atoms with Gasteiger partial charge in [0, 0.05) is 16.4 Å². The van der Waals surface area contributed by atoms with Crippen molar-refractivity contribution in [2.45, 2.75) is 31.7 Å². The largest absolute Gasteiger partial charge is 0.469 e. The molecule has 3 unspecified atom stereocenters. The lowest BCUT2D eigenvalue weighted by atomic mass is 10.1. The lowest BCUT2D eigenvalue weighted by Crippen LogP contribution is -2.35. The normalized spacial score (nSPS) is 21.9. The molecule has 0 aromatic heterocycles. The van der Waals surface area contributed by atoms with E-state index in [1.54, 1.807) is 0 Å². The summed E-state index contributed by atoms with van der Waals surface area (Å²) in [5.41, 5.74) is 1.19. The molecule has 3 atom stereocenters. The first-order valence-electron chi connectivity index (χ1n) is 6.64. The van der Waals surface area contributed by atoms with Gasteiger partial charge in [0.05, 0.1) is 13.5 Å². The van der Waals surface area contributed by atoms with E-state index in [2.05, 4.69) is 26.0 Å². The van der Waals surface area contributed by atoms with Crippen molar-refractivity contribution in [3.05, 3.63) is 34.3 Å². The van der Waals surface area contributed by atoms with Crippen LogP contribution < -0.4 is 5.32 Å². The Hall–Kier alpha value is -1.36. The van der Waals surface area contributed by atoms with Crippen molar-refractivity contribution < 1.29 is 14.3 Å². The van der Waals surface area contributed by atoms with Gasteiger partial charge in [-0.3, -0.25) is 9.59 Å². The standard InChI is InChI=1S/C15H18BrNO3/c1-9(7-14(18)20-2)17-15(19)13-8-12(13)10-3-5-11(16)6-4-10/h3-6,9,12-13H,7-8H2,1-2H3,(H,17,19). The summed E-state index contributed by atoms with van der Waals surface area (Å²) in [5, 5.41) is 2.87. The second-order valence-corrected chi connectivity index (χ2v) is 6.11. The average molecular weight is 340 g/mol. The fourth-order valence-corrected chi connectivity index (χ4v) is 2.56. The molecular weight excluding hydrogens is 322 g/mol. The third kappa shape index (κ3) is 3.82. The minimum atomic E-state index is -0.307. The van der Waals surface area contributed by atoms with Crippen LogP contribution in [0.1, 0.15) is 31.2 Å². The van der Waals surface area contributed by atoms with Crippen LogP contribution in [0.3, 0.4) is 0 Å². The zero-order valence-corrected chi connectivity index (χ0v) is 13.1. The van der Waals surface area contributed by atoms with E-state index in [-0.39, 0.29) is 30.3 Å². The third-order valence-corrected chi connectivity index (χ3v) is 4.04. The molecule has 0 aliphatic heterocycles. The second-order valence-electron chi connectivity index (χ2n) is 5.19. The average Bonchev–Trinajstić information content (AvgIpc) is 3.19. The van der Waals surface area contributed by atoms with Gasteiger partial charge in [0.2, 0.25) is 5.91 Å². The van der Waals surface area contributed by atoms with Gasteiger partial charge in [0.1, 0.15) is 0 Å². The first kappa shape index (κ1) is 15.0. The van der Waals surface area contributed by atoms with Crippen molar-refractivity contribution in [1.29, 1.82) is 0 Å². The molecule has 1 aromatic carbocycles. The van der Waals surface area contributed by atoms with Gasteiger partial charge in [-0.2, -0.15) is 0 Å². The quantitative estimate of drug-likeness (QED) is 0.839. The molecule has 1 aliphatic rings. The van der Waals surface area contributed by atoms with Gasteiger partial charge in [-0.05, 0) is 37.0 Å². The van der Waals surface area contributed by atoms with Crippen molar-refractivity contribution in [3.8, 4) is 0 Å². The number of rotatable bonds is 5. The van der Waals surface area contributed by atoms with Gasteiger partial charge in [-0.25, -0.2) is 0 Å². The van der Waals surface area contributed by atoms with Gasteiger partial charge in [0.15, 0.2) is 0 Å². The summed E-state index contributed by atoms with van der Waals surface area (Å²) in [7, 11) is 1.35. The number of nitrogens with one attached hydrogen (secondary N) is 1. The Balaban J connectivity index is 1.84. The summed E-state index contributed by atoms with van der Waals surface area (Å²) < 4.78 is 5.62. The molecule has 1 N–H and O–H groups in total. The number of halogens is 1. The number of benzene rings is 1. The van der Waals surface area contributed by atoms with Crippen LogP contribution in [0, 0.1) is 5.92 Å². The van der Waals surface area contributed by atoms with E-state index in [1.807, 2.05) is 31.2 Å². The van der Waals surface area contributed by atoms with Crippen LogP contribution in [0.25, 0.3) is 0 Å². The van der Waals surface area contributed by atoms with Gasteiger partial charge in [0.25, 0.3) is 0 Å². The molecule has 0 saturated heterocycles. The summed E-state index contributed by atoms with van der Waals surface area (Å²) in [6, 6.07) is 7.87. The van der Waals surface area contributed by atoms with Crippen LogP contribution in [-0.2, 0) is 14.3 Å². The van der Waals surface area contributed by atoms with Crippen LogP contribution in [-0.4, -0.2) is 25.0 Å². The molecule has 1 saturated carbocycles. The van der Waals surface area contributed by atoms with Gasteiger partial charge in [-0.1, -0.05) is 28.1 Å². The summed E-state index contributed by atoms with van der Waals surface area (Å²) in [6.45, 7) is 1.81. The Morgan fingerprint density at radius 3 is 2.65 bits per heavy atom. The molecule has 0 heterocycles. The Morgan fingerprint density at radius 2 is 2.05 bits per heavy atom. The van der Waals surface area contributed by atoms with Crippen molar-refractivity contribution in [1.82, 2.24) is 5.32 Å². The Bertz CT molecular complexity index is 500. The van der Waals surface area contributed by atoms with Gasteiger partial charge < -0.3 is 10.1 Å². The molecule has 1 aliphatic carbocycles. The van der Waals surface area contributed by atoms with E-state index in [0.29, 0.717) is 5.92 Å². The van der Waals surface area contributed by atoms with E-state index in [0.717, 1.165) is 10.9 Å². The molecule has 0 radical (unpaired) electrons. The molecule has 1 fully saturated rings. The SMILES string of the molecule is COC(=O)CC(C)NC(=O)C1CC1c1ccc(Br)cc1. The van der Waals surface area contributed by atoms with E-state index >= 15 is 0 Å². The maximum absolute atomic E-state index is 12.1. The first-order valence-corrected chi connectivity index (χ1v) is 7.43. The van der Waals surface area contributed by atoms with E-state index in [1.165, 1.54) is 12.7 Å². The van der Waals surface area contributed by atoms with E-state index in [4.69, 9.17) is 0 Å². The fraction of sp³-hybridized carbons (Fsp3) is 0.467. The second kappa shape index (κ2) is 6.39. The maximum atomic E-state index is 12.1. The number of ether oxygens (including phenoxy) is 1. The molecule has 108 valence electrons. The number of carbonyl (C=O) groups excluding carboxylic acids is 2. The van der Waals surface area contributed by atoms with Crippen LogP contribution in [0.4, 0.5) is 0 Å². The predicted octanol–water partition coefficient (Wildman–Crippen LogP) is 2.62. The molecule has 2 rings (SSSR count). The summed E-state index contributed by atoms with van der Waals surface area (Å²) >= 11 is 3.40. The van der Waals surface area contributed by atoms with Crippen molar-refractivity contribution >= 4 is 27.8 Å². The predicted molar refractivity (Wildman–Crippen MR) is 79.2 cm³/mol. The molecule has 1 amide bonds. The lowest BCUT2D eigenvalue weighted by Gasteiger charge is -2.12. The Labute approximate surface area is 127 Å². The topological polar surface area (TPSA) is 55.4 Å². The van der Waals surface area contributed by atoms with Crippen molar-refractivity contribution in [2.24, 2.45) is 5.92 Å². The molecule has 20 heavy (non-hydrogen) atoms. The third-order valence-electron chi connectivity index (χ3n) is 3.51. The molecule has 5 heteroatoms. The van der Waals surface area contributed by atoms with Crippen LogP contribution >= 0.6 is 15.9 Å². The summed E-state index contributed by atoms with van der Waals surface area (Å²) in [4.78, 5) is 23.2. The number of esters is 1. The monoisotopic (exact) mass is 339 g/mol. The lowest BCUT2D eigenvalue weighted by molar-refractivity contribution is -0.141. The highest BCUT2D eigenvalue weighted by atomic mass is 79.9. The fourth-order valence-electron chi connectivity index (χ4n) is 2.30. The van der Waals surface area contributed by atoms with E-state index < -0.39 is 0 Å². The number of carbonyl (C=O) groups is 2. The zero-order valence-electron chi connectivity index (χ0n) is 11.6. The van der Waals surface area contributed by atoms with Gasteiger partial charge in [-0.15, -0.1) is 0 Å². The Kier molecular flexibility index (Phi) is 4.81. The highest BCUT2D eigenvalue weighted by Crippen LogP contribution is 2.47. The molecule has 1 aromatic rings.